The Kier molecular flexibility index (Phi) is 5.24. The largest absolute Gasteiger partial charge is 0.493 e. The van der Waals surface area contributed by atoms with Crippen LogP contribution in [0.1, 0.15) is 11.1 Å². The molecule has 25 heavy (non-hydrogen) atoms. The Bertz CT molecular complexity index is 760. The molecule has 0 saturated heterocycles. The molecule has 0 radical (unpaired) electrons. The number of carbonyl (C=O) groups excluding carboxylic acids is 1. The fourth-order valence-electron chi connectivity index (χ4n) is 3.19. The predicted molar refractivity (Wildman–Crippen MR) is 98.4 cm³/mol. The van der Waals surface area contributed by atoms with Gasteiger partial charge in [-0.3, -0.25) is 4.79 Å². The van der Waals surface area contributed by atoms with E-state index < -0.39 is 0 Å². The van der Waals surface area contributed by atoms with E-state index in [-0.39, 0.29) is 5.91 Å². The molecule has 0 unspecified atom stereocenters. The first-order valence-electron chi connectivity index (χ1n) is 8.40. The summed E-state index contributed by atoms with van der Waals surface area (Å²) in [4.78, 5) is 17.1. The Balaban J connectivity index is 1.84. The summed E-state index contributed by atoms with van der Waals surface area (Å²) < 4.78 is 10.6. The summed E-state index contributed by atoms with van der Waals surface area (Å²) >= 11 is 0. The predicted octanol–water partition coefficient (Wildman–Crippen LogP) is 2.72. The molecule has 0 spiro atoms. The third kappa shape index (κ3) is 3.77. The fourth-order valence-corrected chi connectivity index (χ4v) is 3.19. The normalized spacial score (nSPS) is 14.6. The van der Waals surface area contributed by atoms with Crippen molar-refractivity contribution >= 4 is 11.6 Å². The molecule has 0 aromatic heterocycles. The third-order valence-electron chi connectivity index (χ3n) is 4.53. The van der Waals surface area contributed by atoms with Gasteiger partial charge in [-0.2, -0.15) is 0 Å². The van der Waals surface area contributed by atoms with E-state index in [2.05, 4.69) is 18.0 Å². The summed E-state index contributed by atoms with van der Waals surface area (Å²) in [6.45, 7) is 2.41. The molecule has 5 heteroatoms. The number of ether oxygens (including phenoxy) is 2. The van der Waals surface area contributed by atoms with Crippen LogP contribution in [0.2, 0.25) is 0 Å². The van der Waals surface area contributed by atoms with Gasteiger partial charge in [0.25, 0.3) is 0 Å². The number of anilines is 1. The number of rotatable bonds is 4. The van der Waals surface area contributed by atoms with Crippen LogP contribution in [0.25, 0.3) is 0 Å². The lowest BCUT2D eigenvalue weighted by Gasteiger charge is -2.23. The quantitative estimate of drug-likeness (QED) is 0.858. The van der Waals surface area contributed by atoms with Crippen LogP contribution in [0.15, 0.2) is 42.5 Å². The van der Waals surface area contributed by atoms with Crippen molar-refractivity contribution < 1.29 is 14.3 Å². The number of hydrogen-bond donors (Lipinski definition) is 0. The lowest BCUT2D eigenvalue weighted by atomic mass is 10.1. The zero-order valence-corrected chi connectivity index (χ0v) is 15.0. The second kappa shape index (κ2) is 7.57. The first-order chi connectivity index (χ1) is 12.1. The Hall–Kier alpha value is -2.53. The highest BCUT2D eigenvalue weighted by Gasteiger charge is 2.23. The van der Waals surface area contributed by atoms with E-state index in [1.165, 1.54) is 5.56 Å². The summed E-state index contributed by atoms with van der Waals surface area (Å²) in [6, 6.07) is 13.7. The van der Waals surface area contributed by atoms with Crippen LogP contribution < -0.4 is 14.4 Å². The Morgan fingerprint density at radius 3 is 2.56 bits per heavy atom. The van der Waals surface area contributed by atoms with Gasteiger partial charge in [0.2, 0.25) is 5.91 Å². The number of para-hydroxylation sites is 1. The van der Waals surface area contributed by atoms with Crippen LogP contribution in [0.3, 0.4) is 0 Å². The molecule has 0 atom stereocenters. The second-order valence-electron chi connectivity index (χ2n) is 6.28. The average molecular weight is 340 g/mol. The number of amides is 1. The standard InChI is InChI=1S/C20H24N2O3/c1-21-10-11-22(17-7-5-4-6-16(17)14-21)20(23)13-15-8-9-18(24-2)19(12-15)25-3/h4-9,12H,10-11,13-14H2,1-3H3. The molecule has 1 aliphatic rings. The van der Waals surface area contributed by atoms with E-state index in [0.717, 1.165) is 24.3 Å². The molecule has 2 aromatic carbocycles. The van der Waals surface area contributed by atoms with E-state index in [1.54, 1.807) is 14.2 Å². The maximum Gasteiger partial charge on any atom is 0.231 e. The zero-order valence-electron chi connectivity index (χ0n) is 15.0. The third-order valence-corrected chi connectivity index (χ3v) is 4.53. The van der Waals surface area contributed by atoms with Gasteiger partial charge in [-0.15, -0.1) is 0 Å². The summed E-state index contributed by atoms with van der Waals surface area (Å²) in [5.74, 6) is 1.40. The molecule has 0 aliphatic carbocycles. The van der Waals surface area contributed by atoms with E-state index in [4.69, 9.17) is 9.47 Å². The molecule has 5 nitrogen and oxygen atoms in total. The minimum absolute atomic E-state index is 0.0926. The molecule has 3 rings (SSSR count). The van der Waals surface area contributed by atoms with Crippen molar-refractivity contribution in [3.05, 3.63) is 53.6 Å². The molecule has 1 amide bonds. The lowest BCUT2D eigenvalue weighted by Crippen LogP contribution is -2.36. The Morgan fingerprint density at radius 2 is 1.80 bits per heavy atom. The molecule has 1 heterocycles. The fraction of sp³-hybridized carbons (Fsp3) is 0.350. The summed E-state index contributed by atoms with van der Waals surface area (Å²) in [5.41, 5.74) is 3.11. The molecule has 0 fully saturated rings. The van der Waals surface area contributed by atoms with E-state index in [0.29, 0.717) is 24.5 Å². The smallest absolute Gasteiger partial charge is 0.231 e. The van der Waals surface area contributed by atoms with E-state index in [9.17, 15) is 4.79 Å². The van der Waals surface area contributed by atoms with Gasteiger partial charge in [0.05, 0.1) is 20.6 Å². The van der Waals surface area contributed by atoms with Crippen LogP contribution in [0, 0.1) is 0 Å². The van der Waals surface area contributed by atoms with Gasteiger partial charge in [-0.05, 0) is 36.4 Å². The maximum atomic E-state index is 13.0. The highest BCUT2D eigenvalue weighted by Crippen LogP contribution is 2.29. The van der Waals surface area contributed by atoms with Gasteiger partial charge in [0.15, 0.2) is 11.5 Å². The topological polar surface area (TPSA) is 42.0 Å². The molecule has 0 saturated carbocycles. The molecule has 2 aromatic rings. The van der Waals surface area contributed by atoms with Crippen molar-refractivity contribution in [2.75, 3.05) is 39.3 Å². The monoisotopic (exact) mass is 340 g/mol. The summed E-state index contributed by atoms with van der Waals surface area (Å²) in [7, 11) is 5.29. The highest BCUT2D eigenvalue weighted by atomic mass is 16.5. The maximum absolute atomic E-state index is 13.0. The van der Waals surface area contributed by atoms with Crippen LogP contribution in [0.4, 0.5) is 5.69 Å². The average Bonchev–Trinajstić information content (AvgIpc) is 2.79. The number of methoxy groups -OCH3 is 2. The molecule has 132 valence electrons. The highest BCUT2D eigenvalue weighted by molar-refractivity contribution is 5.95. The van der Waals surface area contributed by atoms with Crippen LogP contribution in [0.5, 0.6) is 11.5 Å². The molecular weight excluding hydrogens is 316 g/mol. The van der Waals surface area contributed by atoms with Crippen molar-refractivity contribution in [1.82, 2.24) is 4.90 Å². The number of fused-ring (bicyclic) bond motifs is 1. The SMILES string of the molecule is COc1ccc(CC(=O)N2CCN(C)Cc3ccccc32)cc1OC. The molecule has 0 bridgehead atoms. The van der Waals surface area contributed by atoms with Gasteiger partial charge in [-0.25, -0.2) is 0 Å². The minimum atomic E-state index is 0.0926. The van der Waals surface area contributed by atoms with Gasteiger partial charge in [-0.1, -0.05) is 24.3 Å². The van der Waals surface area contributed by atoms with Crippen molar-refractivity contribution in [3.8, 4) is 11.5 Å². The Morgan fingerprint density at radius 1 is 1.04 bits per heavy atom. The van der Waals surface area contributed by atoms with Crippen molar-refractivity contribution in [1.29, 1.82) is 0 Å². The first-order valence-corrected chi connectivity index (χ1v) is 8.40. The lowest BCUT2D eigenvalue weighted by molar-refractivity contribution is -0.118. The second-order valence-corrected chi connectivity index (χ2v) is 6.28. The number of likely N-dealkylation sites (N-methyl/N-ethyl adjacent to an activating group) is 1. The van der Waals surface area contributed by atoms with Gasteiger partial charge < -0.3 is 19.3 Å². The van der Waals surface area contributed by atoms with Crippen molar-refractivity contribution in [3.63, 3.8) is 0 Å². The number of carbonyl (C=O) groups is 1. The van der Waals surface area contributed by atoms with Gasteiger partial charge >= 0.3 is 0 Å². The van der Waals surface area contributed by atoms with Crippen LogP contribution in [-0.4, -0.2) is 45.2 Å². The summed E-state index contributed by atoms with van der Waals surface area (Å²) in [6.07, 6.45) is 0.332. The van der Waals surface area contributed by atoms with E-state index >= 15 is 0 Å². The van der Waals surface area contributed by atoms with E-state index in [1.807, 2.05) is 41.3 Å². The van der Waals surface area contributed by atoms with Gasteiger partial charge in [0.1, 0.15) is 0 Å². The van der Waals surface area contributed by atoms with Crippen molar-refractivity contribution in [2.24, 2.45) is 0 Å². The molecule has 1 aliphatic heterocycles. The zero-order chi connectivity index (χ0) is 17.8. The number of hydrogen-bond acceptors (Lipinski definition) is 4. The minimum Gasteiger partial charge on any atom is -0.493 e. The van der Waals surface area contributed by atoms with Crippen LogP contribution >= 0.6 is 0 Å². The summed E-state index contributed by atoms with van der Waals surface area (Å²) in [5, 5.41) is 0. The van der Waals surface area contributed by atoms with Crippen LogP contribution in [-0.2, 0) is 17.8 Å². The number of nitrogens with zero attached hydrogens (tertiary/aromatic N) is 2. The Labute approximate surface area is 148 Å². The molecular formula is C20H24N2O3. The van der Waals surface area contributed by atoms with Gasteiger partial charge in [0, 0.05) is 25.3 Å². The first kappa shape index (κ1) is 17.3. The molecule has 0 N–H and O–H groups in total. The van der Waals surface area contributed by atoms with Crippen molar-refractivity contribution in [2.45, 2.75) is 13.0 Å². The number of benzene rings is 2.